The third kappa shape index (κ3) is 4.83. The van der Waals surface area contributed by atoms with Gasteiger partial charge in [-0.05, 0) is 31.9 Å². The van der Waals surface area contributed by atoms with Crippen LogP contribution in [-0.4, -0.2) is 46.2 Å². The summed E-state index contributed by atoms with van der Waals surface area (Å²) in [7, 11) is 1.62. The summed E-state index contributed by atoms with van der Waals surface area (Å²) in [5, 5.41) is 12.9. The van der Waals surface area contributed by atoms with E-state index in [2.05, 4.69) is 20.1 Å². The molecule has 1 atom stereocenters. The molecule has 2 aromatic rings. The smallest absolute Gasteiger partial charge is 0.233 e. The van der Waals surface area contributed by atoms with Crippen molar-refractivity contribution in [3.05, 3.63) is 29.3 Å². The maximum atomic E-state index is 12.3. The lowest BCUT2D eigenvalue weighted by Gasteiger charge is -2.19. The molecule has 1 aliphatic rings. The molecule has 1 saturated carbocycles. The van der Waals surface area contributed by atoms with Gasteiger partial charge in [-0.1, -0.05) is 48.3 Å². The summed E-state index contributed by atoms with van der Waals surface area (Å²) >= 11 is 7.85. The van der Waals surface area contributed by atoms with Gasteiger partial charge in [0, 0.05) is 25.3 Å². The number of thioether (sulfide) groups is 1. The van der Waals surface area contributed by atoms with Gasteiger partial charge in [-0.25, -0.2) is 0 Å². The number of nitrogens with one attached hydrogen (secondary N) is 1. The summed E-state index contributed by atoms with van der Waals surface area (Å²) in [4.78, 5) is 12.3. The zero-order valence-corrected chi connectivity index (χ0v) is 17.2. The number of ether oxygens (including phenoxy) is 1. The number of halogens is 1. The number of rotatable bonds is 8. The standard InChI is InChI=1S/C19H25ClN4O2S/c1-13(18(25)21-11-12-26-2)27-19-23-22-17(15-9-5-6-10-16(15)20)24(19)14-7-3-4-8-14/h5-6,9-10,13-14H,3-4,7-8,11-12H2,1-2H3,(H,21,25)/t13-/m1/s1. The van der Waals surface area contributed by atoms with Gasteiger partial charge in [0.15, 0.2) is 11.0 Å². The number of aromatic nitrogens is 3. The van der Waals surface area contributed by atoms with Crippen molar-refractivity contribution in [2.45, 2.75) is 49.1 Å². The molecule has 1 amide bonds. The number of carbonyl (C=O) groups excluding carboxylic acids is 1. The number of methoxy groups -OCH3 is 1. The lowest BCUT2D eigenvalue weighted by molar-refractivity contribution is -0.120. The number of hydrogen-bond acceptors (Lipinski definition) is 5. The fourth-order valence-electron chi connectivity index (χ4n) is 3.31. The first-order valence-electron chi connectivity index (χ1n) is 9.25. The van der Waals surface area contributed by atoms with Crippen LogP contribution in [0.25, 0.3) is 11.4 Å². The van der Waals surface area contributed by atoms with Gasteiger partial charge in [0.2, 0.25) is 5.91 Å². The van der Waals surface area contributed by atoms with Gasteiger partial charge in [0.1, 0.15) is 0 Å². The summed E-state index contributed by atoms with van der Waals surface area (Å²) in [5.41, 5.74) is 0.877. The fraction of sp³-hybridized carbons (Fsp3) is 0.526. The molecule has 1 fully saturated rings. The Hall–Kier alpha value is -1.57. The van der Waals surface area contributed by atoms with Crippen molar-refractivity contribution >= 4 is 29.3 Å². The average molecular weight is 409 g/mol. The molecule has 0 saturated heterocycles. The number of amides is 1. The first-order valence-corrected chi connectivity index (χ1v) is 10.5. The summed E-state index contributed by atoms with van der Waals surface area (Å²) in [5.74, 6) is 0.749. The number of carbonyl (C=O) groups is 1. The van der Waals surface area contributed by atoms with E-state index in [1.807, 2.05) is 31.2 Å². The van der Waals surface area contributed by atoms with Gasteiger partial charge >= 0.3 is 0 Å². The minimum absolute atomic E-state index is 0.0303. The van der Waals surface area contributed by atoms with Crippen molar-refractivity contribution in [3.63, 3.8) is 0 Å². The molecule has 3 rings (SSSR count). The van der Waals surface area contributed by atoms with Gasteiger partial charge in [-0.3, -0.25) is 9.36 Å². The average Bonchev–Trinajstić information content (AvgIpc) is 3.31. The zero-order valence-electron chi connectivity index (χ0n) is 15.7. The molecule has 1 aromatic heterocycles. The van der Waals surface area contributed by atoms with Gasteiger partial charge in [-0.15, -0.1) is 10.2 Å². The molecule has 1 heterocycles. The molecule has 8 heteroatoms. The summed E-state index contributed by atoms with van der Waals surface area (Å²) < 4.78 is 7.16. The predicted octanol–water partition coefficient (Wildman–Crippen LogP) is 3.96. The highest BCUT2D eigenvalue weighted by Gasteiger charge is 2.27. The summed E-state index contributed by atoms with van der Waals surface area (Å²) in [6.07, 6.45) is 4.58. The van der Waals surface area contributed by atoms with Gasteiger partial charge < -0.3 is 10.1 Å². The number of hydrogen-bond donors (Lipinski definition) is 1. The fourth-order valence-corrected chi connectivity index (χ4v) is 4.47. The molecule has 1 aliphatic carbocycles. The molecule has 6 nitrogen and oxygen atoms in total. The highest BCUT2D eigenvalue weighted by molar-refractivity contribution is 8.00. The molecular formula is C19H25ClN4O2S. The molecule has 146 valence electrons. The monoisotopic (exact) mass is 408 g/mol. The largest absolute Gasteiger partial charge is 0.383 e. The molecular weight excluding hydrogens is 384 g/mol. The van der Waals surface area contributed by atoms with Crippen LogP contribution in [0.1, 0.15) is 38.6 Å². The predicted molar refractivity (Wildman–Crippen MR) is 108 cm³/mol. The Labute approximate surface area is 169 Å². The first-order chi connectivity index (χ1) is 13.1. The molecule has 0 bridgehead atoms. The van der Waals surface area contributed by atoms with E-state index in [4.69, 9.17) is 16.3 Å². The Morgan fingerprint density at radius 2 is 2.11 bits per heavy atom. The second kappa shape index (κ2) is 9.57. The van der Waals surface area contributed by atoms with Crippen molar-refractivity contribution in [1.82, 2.24) is 20.1 Å². The topological polar surface area (TPSA) is 69.0 Å². The van der Waals surface area contributed by atoms with Crippen LogP contribution in [0.3, 0.4) is 0 Å². The van der Waals surface area contributed by atoms with Crippen LogP contribution in [0.5, 0.6) is 0 Å². The van der Waals surface area contributed by atoms with Crippen LogP contribution in [-0.2, 0) is 9.53 Å². The van der Waals surface area contributed by atoms with Crippen molar-refractivity contribution in [1.29, 1.82) is 0 Å². The summed E-state index contributed by atoms with van der Waals surface area (Å²) in [6, 6.07) is 8.03. The molecule has 27 heavy (non-hydrogen) atoms. The molecule has 1 aromatic carbocycles. The minimum atomic E-state index is -0.273. The third-order valence-corrected chi connectivity index (χ3v) is 6.11. The first kappa shape index (κ1) is 20.2. The molecule has 0 radical (unpaired) electrons. The van der Waals surface area contributed by atoms with E-state index >= 15 is 0 Å². The van der Waals surface area contributed by atoms with Crippen LogP contribution in [0.2, 0.25) is 5.02 Å². The third-order valence-electron chi connectivity index (χ3n) is 4.73. The summed E-state index contributed by atoms with van der Waals surface area (Å²) in [6.45, 7) is 2.88. The van der Waals surface area contributed by atoms with Crippen molar-refractivity contribution in [2.75, 3.05) is 20.3 Å². The maximum Gasteiger partial charge on any atom is 0.233 e. The Kier molecular flexibility index (Phi) is 7.15. The van der Waals surface area contributed by atoms with E-state index in [1.165, 1.54) is 24.6 Å². The van der Waals surface area contributed by atoms with Crippen molar-refractivity contribution in [2.24, 2.45) is 0 Å². The van der Waals surface area contributed by atoms with E-state index in [0.29, 0.717) is 24.2 Å². The van der Waals surface area contributed by atoms with E-state index < -0.39 is 0 Å². The Bertz CT molecular complexity index is 777. The van der Waals surface area contributed by atoms with E-state index in [0.717, 1.165) is 29.4 Å². The second-order valence-electron chi connectivity index (χ2n) is 6.64. The van der Waals surface area contributed by atoms with E-state index in [9.17, 15) is 4.79 Å². The van der Waals surface area contributed by atoms with Crippen molar-refractivity contribution in [3.8, 4) is 11.4 Å². The number of benzene rings is 1. The normalized spacial score (nSPS) is 15.8. The quantitative estimate of drug-likeness (QED) is 0.529. The Balaban J connectivity index is 1.85. The Morgan fingerprint density at radius 3 is 2.81 bits per heavy atom. The highest BCUT2D eigenvalue weighted by atomic mass is 35.5. The van der Waals surface area contributed by atoms with Crippen LogP contribution in [0.4, 0.5) is 0 Å². The molecule has 0 spiro atoms. The van der Waals surface area contributed by atoms with Crippen LogP contribution in [0.15, 0.2) is 29.4 Å². The van der Waals surface area contributed by atoms with E-state index in [1.54, 1.807) is 7.11 Å². The lowest BCUT2D eigenvalue weighted by atomic mass is 10.2. The van der Waals surface area contributed by atoms with Gasteiger partial charge in [0.05, 0.1) is 16.9 Å². The lowest BCUT2D eigenvalue weighted by Crippen LogP contribution is -2.33. The molecule has 1 N–H and O–H groups in total. The minimum Gasteiger partial charge on any atom is -0.383 e. The van der Waals surface area contributed by atoms with Crippen LogP contribution in [0, 0.1) is 0 Å². The second-order valence-corrected chi connectivity index (χ2v) is 8.35. The zero-order chi connectivity index (χ0) is 19.2. The molecule has 0 aliphatic heterocycles. The number of nitrogens with zero attached hydrogens (tertiary/aromatic N) is 3. The van der Waals surface area contributed by atoms with Crippen molar-refractivity contribution < 1.29 is 9.53 Å². The molecule has 0 unspecified atom stereocenters. The van der Waals surface area contributed by atoms with Gasteiger partial charge in [0.25, 0.3) is 0 Å². The van der Waals surface area contributed by atoms with Crippen LogP contribution < -0.4 is 5.32 Å². The van der Waals surface area contributed by atoms with E-state index in [-0.39, 0.29) is 11.2 Å². The Morgan fingerprint density at radius 1 is 1.37 bits per heavy atom. The SMILES string of the molecule is COCCNC(=O)[C@@H](C)Sc1nnc(-c2ccccc2Cl)n1C1CCCC1. The highest BCUT2D eigenvalue weighted by Crippen LogP contribution is 2.38. The van der Waals surface area contributed by atoms with Crippen LogP contribution >= 0.6 is 23.4 Å². The van der Waals surface area contributed by atoms with Gasteiger partial charge in [-0.2, -0.15) is 0 Å². The maximum absolute atomic E-state index is 12.3.